The third-order valence-electron chi connectivity index (χ3n) is 4.00. The summed E-state index contributed by atoms with van der Waals surface area (Å²) in [6, 6.07) is 10.1. The van der Waals surface area contributed by atoms with Crippen LogP contribution in [0.25, 0.3) is 11.0 Å². The number of anilines is 1. The number of hydrogen-bond donors (Lipinski definition) is 1. The molecular formula is C19H16FNO6S. The molecule has 0 saturated heterocycles. The van der Waals surface area contributed by atoms with Crippen LogP contribution in [0.2, 0.25) is 0 Å². The zero-order valence-corrected chi connectivity index (χ0v) is 15.8. The monoisotopic (exact) mass is 405 g/mol. The Kier molecular flexibility index (Phi) is 5.19. The first-order valence-corrected chi connectivity index (χ1v) is 10.0. The van der Waals surface area contributed by atoms with E-state index in [9.17, 15) is 22.4 Å². The van der Waals surface area contributed by atoms with E-state index >= 15 is 0 Å². The highest BCUT2D eigenvalue weighted by Gasteiger charge is 2.22. The number of ether oxygens (including phenoxy) is 1. The minimum absolute atomic E-state index is 0.0571. The number of aryl methyl sites for hydroxylation is 1. The lowest BCUT2D eigenvalue weighted by Gasteiger charge is -2.09. The first-order chi connectivity index (χ1) is 13.2. The van der Waals surface area contributed by atoms with E-state index in [0.29, 0.717) is 10.9 Å². The number of para-hydroxylation sites is 2. The van der Waals surface area contributed by atoms with Gasteiger partial charge >= 0.3 is 5.97 Å². The van der Waals surface area contributed by atoms with Crippen molar-refractivity contribution in [2.75, 3.05) is 18.2 Å². The number of sulfone groups is 1. The molecule has 7 nitrogen and oxygen atoms in total. The molecule has 9 heteroatoms. The molecule has 1 heterocycles. The normalized spacial score (nSPS) is 11.4. The van der Waals surface area contributed by atoms with Crippen LogP contribution in [0.15, 0.2) is 51.8 Å². The summed E-state index contributed by atoms with van der Waals surface area (Å²) in [6.45, 7) is 0.903. The quantitative estimate of drug-likeness (QED) is 0.655. The number of rotatable bonds is 5. The van der Waals surface area contributed by atoms with Crippen LogP contribution < -0.4 is 5.32 Å². The molecule has 0 unspecified atom stereocenters. The van der Waals surface area contributed by atoms with Gasteiger partial charge in [0.1, 0.15) is 0 Å². The SMILES string of the molecule is Cc1c(C(=O)OCC(=O)Nc2ccccc2S(C)(=O)=O)oc2c(F)cccc12. The molecule has 0 atom stereocenters. The van der Waals surface area contributed by atoms with Gasteiger partial charge in [0.15, 0.2) is 27.8 Å². The molecule has 2 aromatic carbocycles. The lowest BCUT2D eigenvalue weighted by atomic mass is 10.1. The molecule has 28 heavy (non-hydrogen) atoms. The van der Waals surface area contributed by atoms with E-state index in [1.54, 1.807) is 19.1 Å². The van der Waals surface area contributed by atoms with Gasteiger partial charge in [0.25, 0.3) is 5.91 Å². The molecule has 0 bridgehead atoms. The van der Waals surface area contributed by atoms with Crippen LogP contribution in [-0.4, -0.2) is 33.2 Å². The minimum atomic E-state index is -3.55. The topological polar surface area (TPSA) is 103 Å². The fourth-order valence-electron chi connectivity index (χ4n) is 2.68. The molecule has 1 N–H and O–H groups in total. The molecule has 146 valence electrons. The van der Waals surface area contributed by atoms with Crippen molar-refractivity contribution in [3.63, 3.8) is 0 Å². The lowest BCUT2D eigenvalue weighted by molar-refractivity contribution is -0.119. The summed E-state index contributed by atoms with van der Waals surface area (Å²) in [5.74, 6) is -2.48. The average molecular weight is 405 g/mol. The predicted molar refractivity (Wildman–Crippen MR) is 99.4 cm³/mol. The summed E-state index contributed by atoms with van der Waals surface area (Å²) in [4.78, 5) is 24.2. The summed E-state index contributed by atoms with van der Waals surface area (Å²) in [7, 11) is -3.55. The first-order valence-electron chi connectivity index (χ1n) is 8.12. The van der Waals surface area contributed by atoms with Gasteiger partial charge in [-0.2, -0.15) is 0 Å². The summed E-state index contributed by atoms with van der Waals surface area (Å²) in [6.07, 6.45) is 1.02. The maximum atomic E-state index is 13.8. The van der Waals surface area contributed by atoms with Gasteiger partial charge in [-0.15, -0.1) is 0 Å². The maximum Gasteiger partial charge on any atom is 0.375 e. The van der Waals surface area contributed by atoms with E-state index in [2.05, 4.69) is 5.32 Å². The van der Waals surface area contributed by atoms with E-state index in [1.165, 1.54) is 30.3 Å². The van der Waals surface area contributed by atoms with Crippen molar-refractivity contribution < 1.29 is 31.6 Å². The van der Waals surface area contributed by atoms with Gasteiger partial charge in [0, 0.05) is 17.2 Å². The maximum absolute atomic E-state index is 13.8. The standard InChI is InChI=1S/C19H16FNO6S/c1-11-12-6-5-7-13(20)18(12)27-17(11)19(23)26-10-16(22)21-14-8-3-4-9-15(14)28(2,24)25/h3-9H,10H2,1-2H3,(H,21,22). The minimum Gasteiger partial charge on any atom is -0.450 e. The lowest BCUT2D eigenvalue weighted by Crippen LogP contribution is -2.22. The Morgan fingerprint density at radius 2 is 1.86 bits per heavy atom. The van der Waals surface area contributed by atoms with E-state index in [1.807, 2.05) is 0 Å². The number of carbonyl (C=O) groups excluding carboxylic acids is 2. The molecule has 1 amide bonds. The van der Waals surface area contributed by atoms with Gasteiger partial charge in [0.05, 0.1) is 10.6 Å². The van der Waals surface area contributed by atoms with Crippen molar-refractivity contribution in [3.8, 4) is 0 Å². The molecule has 0 aliphatic carbocycles. The van der Waals surface area contributed by atoms with Gasteiger partial charge in [-0.3, -0.25) is 4.79 Å². The largest absolute Gasteiger partial charge is 0.450 e. The van der Waals surface area contributed by atoms with Crippen LogP contribution in [-0.2, 0) is 19.4 Å². The molecule has 0 aliphatic rings. The van der Waals surface area contributed by atoms with Crippen molar-refractivity contribution in [1.29, 1.82) is 0 Å². The Morgan fingerprint density at radius 1 is 1.14 bits per heavy atom. The second kappa shape index (κ2) is 7.43. The molecule has 1 aromatic heterocycles. The molecule has 0 spiro atoms. The number of esters is 1. The Bertz CT molecular complexity index is 1180. The molecule has 0 radical (unpaired) electrons. The Labute approximate surface area is 160 Å². The fraction of sp³-hybridized carbons (Fsp3) is 0.158. The number of nitrogens with one attached hydrogen (secondary N) is 1. The molecule has 0 fully saturated rings. The number of amides is 1. The van der Waals surface area contributed by atoms with Gasteiger partial charge in [-0.25, -0.2) is 17.6 Å². The fourth-order valence-corrected chi connectivity index (χ4v) is 3.52. The zero-order valence-electron chi connectivity index (χ0n) is 15.0. The number of carbonyl (C=O) groups is 2. The van der Waals surface area contributed by atoms with Gasteiger partial charge in [-0.05, 0) is 25.1 Å². The van der Waals surface area contributed by atoms with Crippen LogP contribution >= 0.6 is 0 Å². The second-order valence-corrected chi connectivity index (χ2v) is 8.05. The highest BCUT2D eigenvalue weighted by atomic mass is 32.2. The zero-order chi connectivity index (χ0) is 20.5. The van der Waals surface area contributed by atoms with Crippen molar-refractivity contribution in [2.24, 2.45) is 0 Å². The Balaban J connectivity index is 1.72. The summed E-state index contributed by atoms with van der Waals surface area (Å²) in [5.41, 5.74) is 0.397. The van der Waals surface area contributed by atoms with Crippen molar-refractivity contribution >= 4 is 38.4 Å². The van der Waals surface area contributed by atoms with Crippen LogP contribution in [0.1, 0.15) is 16.1 Å². The van der Waals surface area contributed by atoms with Gasteiger partial charge in [0.2, 0.25) is 5.76 Å². The highest BCUT2D eigenvalue weighted by Crippen LogP contribution is 2.27. The smallest absolute Gasteiger partial charge is 0.375 e. The Morgan fingerprint density at radius 3 is 2.54 bits per heavy atom. The third kappa shape index (κ3) is 3.89. The predicted octanol–water partition coefficient (Wildman–Crippen LogP) is 3.08. The molecule has 3 aromatic rings. The average Bonchev–Trinajstić information content (AvgIpc) is 2.98. The van der Waals surface area contributed by atoms with Crippen LogP contribution in [0, 0.1) is 12.7 Å². The van der Waals surface area contributed by atoms with Crippen LogP contribution in [0.4, 0.5) is 10.1 Å². The van der Waals surface area contributed by atoms with Gasteiger partial charge < -0.3 is 14.5 Å². The summed E-state index contributed by atoms with van der Waals surface area (Å²) >= 11 is 0. The molecule has 3 rings (SSSR count). The summed E-state index contributed by atoms with van der Waals surface area (Å²) < 4.78 is 47.5. The number of fused-ring (bicyclic) bond motifs is 1. The first kappa shape index (κ1) is 19.6. The second-order valence-electron chi connectivity index (χ2n) is 6.07. The van der Waals surface area contributed by atoms with Crippen LogP contribution in [0.3, 0.4) is 0 Å². The number of furan rings is 1. The van der Waals surface area contributed by atoms with Gasteiger partial charge in [-0.1, -0.05) is 24.3 Å². The van der Waals surface area contributed by atoms with Crippen LogP contribution in [0.5, 0.6) is 0 Å². The highest BCUT2D eigenvalue weighted by molar-refractivity contribution is 7.90. The van der Waals surface area contributed by atoms with Crippen molar-refractivity contribution in [1.82, 2.24) is 0 Å². The van der Waals surface area contributed by atoms with E-state index in [4.69, 9.17) is 9.15 Å². The van der Waals surface area contributed by atoms with Crippen molar-refractivity contribution in [2.45, 2.75) is 11.8 Å². The number of benzene rings is 2. The van der Waals surface area contributed by atoms with E-state index < -0.39 is 34.1 Å². The third-order valence-corrected chi connectivity index (χ3v) is 5.15. The number of hydrogen-bond acceptors (Lipinski definition) is 6. The number of halogens is 1. The molecule has 0 saturated carbocycles. The summed E-state index contributed by atoms with van der Waals surface area (Å²) in [5, 5.41) is 2.82. The molecule has 0 aliphatic heterocycles. The molecular weight excluding hydrogens is 389 g/mol. The van der Waals surface area contributed by atoms with E-state index in [-0.39, 0.29) is 21.9 Å². The van der Waals surface area contributed by atoms with Crippen molar-refractivity contribution in [3.05, 3.63) is 59.6 Å². The Hall–Kier alpha value is -3.20. The van der Waals surface area contributed by atoms with E-state index in [0.717, 1.165) is 6.26 Å².